The molecule has 7 nitrogen and oxygen atoms in total. The molecule has 1 aromatic heterocycles. The summed E-state index contributed by atoms with van der Waals surface area (Å²) in [5.41, 5.74) is 0.839. The average molecular weight is 333 g/mol. The summed E-state index contributed by atoms with van der Waals surface area (Å²) in [5, 5.41) is 12.8. The van der Waals surface area contributed by atoms with Crippen molar-refractivity contribution in [1.29, 1.82) is 0 Å². The maximum atomic E-state index is 12.4. The first-order valence-electron chi connectivity index (χ1n) is 6.88. The Balaban J connectivity index is 2.16. The van der Waals surface area contributed by atoms with Crippen LogP contribution in [0, 0.1) is 0 Å². The second-order valence-corrected chi connectivity index (χ2v) is 5.87. The van der Waals surface area contributed by atoms with Gasteiger partial charge in [-0.1, -0.05) is 17.8 Å². The fraction of sp³-hybridized carbons (Fsp3) is 0.267. The van der Waals surface area contributed by atoms with Crippen molar-refractivity contribution in [1.82, 2.24) is 9.97 Å². The normalized spacial score (nSPS) is 16.6. The predicted molar refractivity (Wildman–Crippen MR) is 86.4 cm³/mol. The van der Waals surface area contributed by atoms with Crippen molar-refractivity contribution in [2.75, 3.05) is 18.7 Å². The molecule has 1 amide bonds. The summed E-state index contributed by atoms with van der Waals surface area (Å²) >= 11 is 1.29. The summed E-state index contributed by atoms with van der Waals surface area (Å²) in [5.74, 6) is -0.0758. The lowest BCUT2D eigenvalue weighted by molar-refractivity contribution is -0.116. The minimum Gasteiger partial charge on any atom is -0.504 e. The molecule has 3 N–H and O–H groups in total. The molecule has 23 heavy (non-hydrogen) atoms. The van der Waals surface area contributed by atoms with E-state index in [1.807, 2.05) is 0 Å². The van der Waals surface area contributed by atoms with Gasteiger partial charge in [-0.25, -0.2) is 4.98 Å². The highest BCUT2D eigenvalue weighted by Gasteiger charge is 2.31. The highest BCUT2D eigenvalue weighted by atomic mass is 32.2. The molecule has 2 heterocycles. The number of thioether (sulfide) groups is 1. The van der Waals surface area contributed by atoms with E-state index in [4.69, 9.17) is 4.74 Å². The van der Waals surface area contributed by atoms with E-state index < -0.39 is 5.92 Å². The zero-order valence-corrected chi connectivity index (χ0v) is 13.4. The number of aromatic nitrogens is 2. The molecule has 3 rings (SSSR count). The Bertz CT molecular complexity index is 834. The summed E-state index contributed by atoms with van der Waals surface area (Å²) < 4.78 is 5.10. The molecule has 0 radical (unpaired) electrons. The van der Waals surface area contributed by atoms with Gasteiger partial charge < -0.3 is 20.1 Å². The van der Waals surface area contributed by atoms with Crippen LogP contribution in [0.5, 0.6) is 11.5 Å². The third-order valence-electron chi connectivity index (χ3n) is 3.73. The zero-order chi connectivity index (χ0) is 16.6. The molecule has 1 aromatic carbocycles. The average Bonchev–Trinajstić information content (AvgIpc) is 2.53. The fourth-order valence-electron chi connectivity index (χ4n) is 2.64. The Kier molecular flexibility index (Phi) is 3.99. The quantitative estimate of drug-likeness (QED) is 0.583. The van der Waals surface area contributed by atoms with E-state index in [9.17, 15) is 14.7 Å². The van der Waals surface area contributed by atoms with Crippen LogP contribution in [0.1, 0.15) is 23.5 Å². The molecule has 8 heteroatoms. The molecule has 1 aliphatic rings. The lowest BCUT2D eigenvalue weighted by atomic mass is 9.86. The summed E-state index contributed by atoms with van der Waals surface area (Å²) in [6.45, 7) is 0. The number of nitrogens with zero attached hydrogens (tertiary/aromatic N) is 1. The largest absolute Gasteiger partial charge is 0.504 e. The fourth-order valence-corrected chi connectivity index (χ4v) is 3.02. The predicted octanol–water partition coefficient (Wildman–Crippen LogP) is 1.68. The first-order chi connectivity index (χ1) is 11.0. The molecule has 2 aromatic rings. The summed E-state index contributed by atoms with van der Waals surface area (Å²) in [4.78, 5) is 31.4. The number of aromatic hydroxyl groups is 1. The van der Waals surface area contributed by atoms with Crippen molar-refractivity contribution in [3.05, 3.63) is 39.7 Å². The zero-order valence-electron chi connectivity index (χ0n) is 12.5. The van der Waals surface area contributed by atoms with Crippen LogP contribution in [0.25, 0.3) is 0 Å². The summed E-state index contributed by atoms with van der Waals surface area (Å²) in [7, 11) is 1.44. The van der Waals surface area contributed by atoms with Gasteiger partial charge in [-0.3, -0.25) is 9.59 Å². The number of hydrogen-bond donors (Lipinski definition) is 3. The van der Waals surface area contributed by atoms with Crippen LogP contribution >= 0.6 is 11.8 Å². The van der Waals surface area contributed by atoms with Gasteiger partial charge in [0, 0.05) is 12.3 Å². The van der Waals surface area contributed by atoms with E-state index in [0.29, 0.717) is 22.0 Å². The highest BCUT2D eigenvalue weighted by molar-refractivity contribution is 7.98. The molecule has 1 aliphatic heterocycles. The van der Waals surface area contributed by atoms with Crippen LogP contribution < -0.4 is 15.6 Å². The van der Waals surface area contributed by atoms with E-state index in [1.165, 1.54) is 24.9 Å². The lowest BCUT2D eigenvalue weighted by Crippen LogP contribution is -2.31. The number of hydrogen-bond acceptors (Lipinski definition) is 6. The highest BCUT2D eigenvalue weighted by Crippen LogP contribution is 2.37. The van der Waals surface area contributed by atoms with Gasteiger partial charge in [0.1, 0.15) is 5.82 Å². The van der Waals surface area contributed by atoms with Crippen molar-refractivity contribution < 1.29 is 14.6 Å². The minimum absolute atomic E-state index is 0.00139. The Morgan fingerprint density at radius 1 is 1.39 bits per heavy atom. The molecular formula is C15H15N3O4S. The standard InChI is InChI=1S/C15H15N3O4S/c1-22-10-5-7(3-4-9(10)19)8-6-11(20)16-13-12(8)14(21)18-15(17-13)23-2/h3-5,8,19H,6H2,1-2H3,(H2,16,17,18,20,21). The van der Waals surface area contributed by atoms with Gasteiger partial charge in [0.15, 0.2) is 16.7 Å². The molecular weight excluding hydrogens is 318 g/mol. The number of rotatable bonds is 3. The Morgan fingerprint density at radius 3 is 2.87 bits per heavy atom. The van der Waals surface area contributed by atoms with Crippen LogP contribution in [-0.4, -0.2) is 34.3 Å². The number of aromatic amines is 1. The Hall–Kier alpha value is -2.48. The van der Waals surface area contributed by atoms with Crippen molar-refractivity contribution in [3.63, 3.8) is 0 Å². The molecule has 0 aliphatic carbocycles. The number of anilines is 1. The first-order valence-corrected chi connectivity index (χ1v) is 8.11. The summed E-state index contributed by atoms with van der Waals surface area (Å²) in [6, 6.07) is 4.79. The molecule has 1 unspecified atom stereocenters. The van der Waals surface area contributed by atoms with Crippen molar-refractivity contribution in [3.8, 4) is 11.5 Å². The van der Waals surface area contributed by atoms with Gasteiger partial charge >= 0.3 is 0 Å². The number of fused-ring (bicyclic) bond motifs is 1. The number of nitrogens with one attached hydrogen (secondary N) is 2. The molecule has 0 saturated heterocycles. The lowest BCUT2D eigenvalue weighted by Gasteiger charge is -2.24. The third-order valence-corrected chi connectivity index (χ3v) is 4.31. The Labute approximate surface area is 136 Å². The van der Waals surface area contributed by atoms with E-state index in [0.717, 1.165) is 0 Å². The van der Waals surface area contributed by atoms with Gasteiger partial charge in [-0.05, 0) is 24.0 Å². The van der Waals surface area contributed by atoms with Crippen LogP contribution in [0.4, 0.5) is 5.82 Å². The van der Waals surface area contributed by atoms with Crippen LogP contribution in [0.2, 0.25) is 0 Å². The first kappa shape index (κ1) is 15.4. The van der Waals surface area contributed by atoms with E-state index in [2.05, 4.69) is 15.3 Å². The van der Waals surface area contributed by atoms with Crippen molar-refractivity contribution in [2.45, 2.75) is 17.5 Å². The van der Waals surface area contributed by atoms with E-state index in [1.54, 1.807) is 18.4 Å². The summed E-state index contributed by atoms with van der Waals surface area (Å²) in [6.07, 6.45) is 1.92. The van der Waals surface area contributed by atoms with Gasteiger partial charge in [-0.15, -0.1) is 0 Å². The van der Waals surface area contributed by atoms with Crippen LogP contribution in [0.3, 0.4) is 0 Å². The molecule has 0 bridgehead atoms. The van der Waals surface area contributed by atoms with E-state index >= 15 is 0 Å². The molecule has 1 atom stereocenters. The smallest absolute Gasteiger partial charge is 0.257 e. The number of benzene rings is 1. The minimum atomic E-state index is -0.444. The number of methoxy groups -OCH3 is 1. The molecule has 0 saturated carbocycles. The molecule has 120 valence electrons. The third kappa shape index (κ3) is 2.77. The molecule has 0 fully saturated rings. The second-order valence-electron chi connectivity index (χ2n) is 5.07. The van der Waals surface area contributed by atoms with Crippen molar-refractivity contribution in [2.24, 2.45) is 0 Å². The number of carbonyl (C=O) groups is 1. The van der Waals surface area contributed by atoms with E-state index in [-0.39, 0.29) is 29.5 Å². The topological polar surface area (TPSA) is 104 Å². The number of ether oxygens (including phenoxy) is 1. The van der Waals surface area contributed by atoms with Gasteiger partial charge in [0.25, 0.3) is 5.56 Å². The SMILES string of the molecule is COc1cc(C2CC(=O)Nc3nc(SC)[nH]c(=O)c32)ccc1O. The van der Waals surface area contributed by atoms with Gasteiger partial charge in [-0.2, -0.15) is 0 Å². The van der Waals surface area contributed by atoms with Crippen LogP contribution in [-0.2, 0) is 4.79 Å². The maximum absolute atomic E-state index is 12.4. The molecule has 0 spiro atoms. The van der Waals surface area contributed by atoms with Gasteiger partial charge in [0.2, 0.25) is 5.91 Å². The number of H-pyrrole nitrogens is 1. The number of amides is 1. The van der Waals surface area contributed by atoms with Gasteiger partial charge in [0.05, 0.1) is 12.7 Å². The Morgan fingerprint density at radius 2 is 2.17 bits per heavy atom. The van der Waals surface area contributed by atoms with Crippen LogP contribution in [0.15, 0.2) is 28.2 Å². The second kappa shape index (κ2) is 5.96. The van der Waals surface area contributed by atoms with Crippen molar-refractivity contribution >= 4 is 23.5 Å². The number of carbonyl (C=O) groups excluding carboxylic acids is 1. The number of phenolic OH excluding ortho intramolecular Hbond substituents is 1. The maximum Gasteiger partial charge on any atom is 0.257 e. The monoisotopic (exact) mass is 333 g/mol. The number of phenols is 1.